The van der Waals surface area contributed by atoms with Gasteiger partial charge >= 0.3 is 0 Å². The van der Waals surface area contributed by atoms with Crippen molar-refractivity contribution in [3.63, 3.8) is 0 Å². The summed E-state index contributed by atoms with van der Waals surface area (Å²) in [7, 11) is 0. The van der Waals surface area contributed by atoms with Gasteiger partial charge in [-0.1, -0.05) is 66.7 Å². The molecule has 1 aliphatic carbocycles. The Kier molecular flexibility index (Phi) is 8.01. The third kappa shape index (κ3) is 6.39. The van der Waals surface area contributed by atoms with Crippen LogP contribution in [0.4, 0.5) is 5.69 Å². The zero-order valence-electron chi connectivity index (χ0n) is 22.2. The van der Waals surface area contributed by atoms with Gasteiger partial charge in [-0.25, -0.2) is 0 Å². The summed E-state index contributed by atoms with van der Waals surface area (Å²) in [6.07, 6.45) is 6.30. The highest BCUT2D eigenvalue weighted by atomic mass is 16.5. The van der Waals surface area contributed by atoms with E-state index in [4.69, 9.17) is 4.74 Å². The van der Waals surface area contributed by atoms with Crippen molar-refractivity contribution in [3.8, 4) is 0 Å². The fraction of sp³-hybridized carbons (Fsp3) is 0.312. The Morgan fingerprint density at radius 2 is 1.63 bits per heavy atom. The highest BCUT2D eigenvalue weighted by molar-refractivity contribution is 5.94. The molecule has 2 N–H and O–H groups in total. The third-order valence-corrected chi connectivity index (χ3v) is 7.34. The van der Waals surface area contributed by atoms with Crippen LogP contribution in [0.25, 0.3) is 23.1 Å². The Balaban J connectivity index is 0.000000204. The number of hydrogen-bond acceptors (Lipinski definition) is 4. The quantitative estimate of drug-likeness (QED) is 0.319. The van der Waals surface area contributed by atoms with Crippen molar-refractivity contribution >= 4 is 34.6 Å². The minimum absolute atomic E-state index is 0.0183. The Labute approximate surface area is 224 Å². The number of fused-ring (bicyclic) bond motifs is 1. The van der Waals surface area contributed by atoms with Gasteiger partial charge in [-0.3, -0.25) is 14.8 Å². The molecule has 0 spiro atoms. The fourth-order valence-electron chi connectivity index (χ4n) is 4.71. The Hall–Kier alpha value is -3.74. The maximum atomic E-state index is 11.3. The molecule has 2 fully saturated rings. The molecule has 3 aromatic carbocycles. The maximum Gasteiger partial charge on any atom is 0.227 e. The van der Waals surface area contributed by atoms with Crippen LogP contribution in [0.3, 0.4) is 0 Å². The van der Waals surface area contributed by atoms with E-state index in [9.17, 15) is 4.79 Å². The van der Waals surface area contributed by atoms with E-state index in [0.29, 0.717) is 0 Å². The van der Waals surface area contributed by atoms with Crippen LogP contribution in [0.2, 0.25) is 0 Å². The number of nitrogens with zero attached hydrogens (tertiary/aromatic N) is 2. The number of amides is 1. The van der Waals surface area contributed by atoms with E-state index >= 15 is 0 Å². The monoisotopic (exact) mass is 508 g/mol. The Morgan fingerprint density at radius 3 is 2.34 bits per heavy atom. The van der Waals surface area contributed by atoms with E-state index in [1.54, 1.807) is 0 Å². The van der Waals surface area contributed by atoms with Crippen molar-refractivity contribution in [2.45, 2.75) is 32.2 Å². The predicted octanol–water partition coefficient (Wildman–Crippen LogP) is 6.34. The average Bonchev–Trinajstić information content (AvgIpc) is 3.74. The smallest absolute Gasteiger partial charge is 0.227 e. The molecule has 1 aliphatic heterocycles. The Morgan fingerprint density at radius 1 is 0.947 bits per heavy atom. The van der Waals surface area contributed by atoms with Gasteiger partial charge in [-0.05, 0) is 62.1 Å². The second-order valence-corrected chi connectivity index (χ2v) is 10.4. The lowest BCUT2D eigenvalue weighted by molar-refractivity contribution is -0.117. The lowest BCUT2D eigenvalue weighted by atomic mass is 9.91. The van der Waals surface area contributed by atoms with Crippen molar-refractivity contribution < 1.29 is 9.53 Å². The van der Waals surface area contributed by atoms with Crippen LogP contribution in [-0.2, 0) is 15.1 Å². The summed E-state index contributed by atoms with van der Waals surface area (Å²) < 4.78 is 5.49. The van der Waals surface area contributed by atoms with Crippen LogP contribution in [0, 0.1) is 5.92 Å². The van der Waals surface area contributed by atoms with E-state index in [1.165, 1.54) is 11.1 Å². The SMILES string of the molecule is CC(C)(c1ccc(/C=C/c2n[nH]c3ccccc23)cc1)N1CCOCC1.O=C(Nc1ccccc1)C1CC1. The van der Waals surface area contributed by atoms with Gasteiger partial charge in [-0.2, -0.15) is 5.10 Å². The van der Waals surface area contributed by atoms with E-state index < -0.39 is 0 Å². The van der Waals surface area contributed by atoms with Gasteiger partial charge in [0.05, 0.1) is 24.4 Å². The van der Waals surface area contributed by atoms with Crippen LogP contribution in [0.1, 0.15) is 43.5 Å². The summed E-state index contributed by atoms with van der Waals surface area (Å²) in [5.74, 6) is 0.450. The van der Waals surface area contributed by atoms with Gasteiger partial charge in [0, 0.05) is 35.6 Å². The van der Waals surface area contributed by atoms with Crippen LogP contribution >= 0.6 is 0 Å². The first-order chi connectivity index (χ1) is 18.5. The molecular formula is C32H36N4O2. The largest absolute Gasteiger partial charge is 0.379 e. The molecule has 0 radical (unpaired) electrons. The topological polar surface area (TPSA) is 70.2 Å². The van der Waals surface area contributed by atoms with E-state index in [2.05, 4.69) is 76.7 Å². The van der Waals surface area contributed by atoms with Gasteiger partial charge in [0.2, 0.25) is 5.91 Å². The number of hydrogen-bond donors (Lipinski definition) is 2. The molecule has 1 amide bonds. The van der Waals surface area contributed by atoms with Crippen LogP contribution in [-0.4, -0.2) is 47.3 Å². The van der Waals surface area contributed by atoms with E-state index in [-0.39, 0.29) is 17.4 Å². The summed E-state index contributed by atoms with van der Waals surface area (Å²) in [6, 6.07) is 26.6. The molecule has 0 unspecified atom stereocenters. The summed E-state index contributed by atoms with van der Waals surface area (Å²) in [5.41, 5.74) is 5.47. The van der Waals surface area contributed by atoms with Gasteiger partial charge in [-0.15, -0.1) is 0 Å². The molecule has 196 valence electrons. The van der Waals surface area contributed by atoms with Crippen molar-refractivity contribution in [1.29, 1.82) is 0 Å². The number of ether oxygens (including phenoxy) is 1. The molecule has 1 saturated heterocycles. The molecule has 4 aromatic rings. The minimum Gasteiger partial charge on any atom is -0.379 e. The molecule has 0 bridgehead atoms. The molecular weight excluding hydrogens is 472 g/mol. The summed E-state index contributed by atoms with van der Waals surface area (Å²) in [5, 5.41) is 11.5. The number of nitrogens with one attached hydrogen (secondary N) is 2. The lowest BCUT2D eigenvalue weighted by Crippen LogP contribution is -2.47. The maximum absolute atomic E-state index is 11.3. The lowest BCUT2D eigenvalue weighted by Gasteiger charge is -2.41. The summed E-state index contributed by atoms with van der Waals surface area (Å²) >= 11 is 0. The van der Waals surface area contributed by atoms with Crippen molar-refractivity contribution in [2.75, 3.05) is 31.6 Å². The normalized spacial score (nSPS) is 16.3. The van der Waals surface area contributed by atoms with Crippen molar-refractivity contribution in [1.82, 2.24) is 15.1 Å². The fourth-order valence-corrected chi connectivity index (χ4v) is 4.71. The average molecular weight is 509 g/mol. The van der Waals surface area contributed by atoms with Crippen molar-refractivity contribution in [3.05, 3.63) is 95.7 Å². The summed E-state index contributed by atoms with van der Waals surface area (Å²) in [4.78, 5) is 13.8. The zero-order chi connectivity index (χ0) is 26.4. The summed E-state index contributed by atoms with van der Waals surface area (Å²) in [6.45, 7) is 8.20. The first-order valence-electron chi connectivity index (χ1n) is 13.4. The first kappa shape index (κ1) is 25.9. The molecule has 1 saturated carbocycles. The number of carbonyl (C=O) groups excluding carboxylic acids is 1. The number of anilines is 1. The second kappa shape index (κ2) is 11.8. The van der Waals surface area contributed by atoms with E-state index in [1.807, 2.05) is 48.5 Å². The number of morpholine rings is 1. The number of aromatic nitrogens is 2. The van der Waals surface area contributed by atoms with Gasteiger partial charge in [0.15, 0.2) is 0 Å². The van der Waals surface area contributed by atoms with E-state index in [0.717, 1.165) is 61.4 Å². The number of benzene rings is 3. The molecule has 0 atom stereocenters. The molecule has 1 aromatic heterocycles. The second-order valence-electron chi connectivity index (χ2n) is 10.4. The molecule has 2 aliphatic rings. The number of H-pyrrole nitrogens is 1. The highest BCUT2D eigenvalue weighted by Gasteiger charge is 2.30. The molecule has 38 heavy (non-hydrogen) atoms. The van der Waals surface area contributed by atoms with Crippen LogP contribution in [0.5, 0.6) is 0 Å². The van der Waals surface area contributed by atoms with Gasteiger partial charge in [0.25, 0.3) is 0 Å². The van der Waals surface area contributed by atoms with Gasteiger partial charge in [0.1, 0.15) is 0 Å². The Bertz CT molecular complexity index is 1370. The molecule has 6 rings (SSSR count). The molecule has 6 nitrogen and oxygen atoms in total. The molecule has 6 heteroatoms. The molecule has 2 heterocycles. The standard InChI is InChI=1S/C22H25N3O.C10H11NO/c1-22(2,25-13-15-26-16-14-25)18-10-7-17(8-11-18)9-12-21-19-5-3-4-6-20(19)23-24-21;12-10(8-6-7-8)11-9-4-2-1-3-5-9/h3-12H,13-16H2,1-2H3,(H,23,24);1-5,8H,6-7H2,(H,11,12)/b12-9+;. The zero-order valence-corrected chi connectivity index (χ0v) is 22.2. The first-order valence-corrected chi connectivity index (χ1v) is 13.4. The number of rotatable bonds is 6. The third-order valence-electron chi connectivity index (χ3n) is 7.34. The number of aromatic amines is 1. The number of para-hydroxylation sites is 2. The number of carbonyl (C=O) groups is 1. The predicted molar refractivity (Wildman–Crippen MR) is 155 cm³/mol. The van der Waals surface area contributed by atoms with Crippen LogP contribution in [0.15, 0.2) is 78.9 Å². The van der Waals surface area contributed by atoms with Crippen molar-refractivity contribution in [2.24, 2.45) is 5.92 Å². The van der Waals surface area contributed by atoms with Gasteiger partial charge < -0.3 is 10.1 Å². The highest BCUT2D eigenvalue weighted by Crippen LogP contribution is 2.30. The van der Waals surface area contributed by atoms with Crippen LogP contribution < -0.4 is 5.32 Å². The minimum atomic E-state index is 0.0183.